The molecule has 0 amide bonds. The maximum atomic E-state index is 12.6. The van der Waals surface area contributed by atoms with Gasteiger partial charge in [0.2, 0.25) is 0 Å². The van der Waals surface area contributed by atoms with E-state index < -0.39 is 0 Å². The summed E-state index contributed by atoms with van der Waals surface area (Å²) in [6.07, 6.45) is 1.23. The maximum Gasteiger partial charge on any atom is 0.179 e. The number of Topliss-reactive ketones (excluding diaryl/α,β-unsaturated/α-hetero) is 1. The molecular weight excluding hydrogens is 238 g/mol. The fourth-order valence-electron chi connectivity index (χ4n) is 2.88. The predicted octanol–water partition coefficient (Wildman–Crippen LogP) is 2.76. The van der Waals surface area contributed by atoms with Crippen molar-refractivity contribution >= 4 is 5.78 Å². The molecular formula is C16H23NO2. The van der Waals surface area contributed by atoms with E-state index in [2.05, 4.69) is 25.7 Å². The zero-order valence-corrected chi connectivity index (χ0v) is 12.0. The fourth-order valence-corrected chi connectivity index (χ4v) is 2.88. The molecule has 3 unspecified atom stereocenters. The van der Waals surface area contributed by atoms with Crippen molar-refractivity contribution in [3.8, 4) is 0 Å². The molecule has 0 N–H and O–H groups in total. The normalized spacial score (nSPS) is 26.1. The van der Waals surface area contributed by atoms with Gasteiger partial charge < -0.3 is 4.74 Å². The number of rotatable bonds is 4. The Labute approximate surface area is 115 Å². The second-order valence-electron chi connectivity index (χ2n) is 5.37. The highest BCUT2D eigenvalue weighted by atomic mass is 16.5. The molecule has 1 aromatic carbocycles. The first-order valence-electron chi connectivity index (χ1n) is 7.10. The van der Waals surface area contributed by atoms with Crippen molar-refractivity contribution in [1.82, 2.24) is 4.90 Å². The Kier molecular flexibility index (Phi) is 4.72. The van der Waals surface area contributed by atoms with Crippen LogP contribution in [0, 0.1) is 0 Å². The van der Waals surface area contributed by atoms with Gasteiger partial charge in [-0.25, -0.2) is 0 Å². The molecule has 0 aromatic heterocycles. The molecule has 0 bridgehead atoms. The molecule has 1 saturated heterocycles. The molecule has 2 rings (SSSR count). The van der Waals surface area contributed by atoms with Gasteiger partial charge in [-0.05, 0) is 20.3 Å². The Balaban J connectivity index is 2.13. The maximum absolute atomic E-state index is 12.6. The molecule has 1 aliphatic heterocycles. The van der Waals surface area contributed by atoms with Crippen LogP contribution in [0.4, 0.5) is 0 Å². The van der Waals surface area contributed by atoms with Gasteiger partial charge in [0.1, 0.15) is 0 Å². The van der Waals surface area contributed by atoms with Crippen molar-refractivity contribution in [2.75, 3.05) is 13.1 Å². The Hall–Kier alpha value is -1.19. The second-order valence-corrected chi connectivity index (χ2v) is 5.37. The average Bonchev–Trinajstić information content (AvgIpc) is 2.39. The minimum absolute atomic E-state index is 0.0313. The molecule has 19 heavy (non-hydrogen) atoms. The van der Waals surface area contributed by atoms with E-state index in [1.165, 1.54) is 0 Å². The van der Waals surface area contributed by atoms with Crippen LogP contribution in [0.3, 0.4) is 0 Å². The third kappa shape index (κ3) is 3.43. The van der Waals surface area contributed by atoms with E-state index in [0.717, 1.165) is 25.1 Å². The number of nitrogens with zero attached hydrogens (tertiary/aromatic N) is 1. The molecule has 1 aliphatic rings. The van der Waals surface area contributed by atoms with Crippen molar-refractivity contribution in [3.05, 3.63) is 35.9 Å². The summed E-state index contributed by atoms with van der Waals surface area (Å²) in [6, 6.07) is 9.55. The summed E-state index contributed by atoms with van der Waals surface area (Å²) >= 11 is 0. The molecule has 1 heterocycles. The van der Waals surface area contributed by atoms with E-state index in [4.69, 9.17) is 4.74 Å². The Morgan fingerprint density at radius 1 is 1.26 bits per heavy atom. The largest absolute Gasteiger partial charge is 0.373 e. The average molecular weight is 261 g/mol. The van der Waals surface area contributed by atoms with E-state index in [0.29, 0.717) is 0 Å². The molecule has 1 fully saturated rings. The van der Waals surface area contributed by atoms with E-state index in [1.54, 1.807) is 0 Å². The lowest BCUT2D eigenvalue weighted by Crippen LogP contribution is -2.52. The Morgan fingerprint density at radius 3 is 2.37 bits per heavy atom. The van der Waals surface area contributed by atoms with Gasteiger partial charge in [0.05, 0.1) is 18.2 Å². The zero-order valence-electron chi connectivity index (χ0n) is 12.0. The van der Waals surface area contributed by atoms with Crippen molar-refractivity contribution < 1.29 is 9.53 Å². The molecule has 104 valence electrons. The highest BCUT2D eigenvalue weighted by Crippen LogP contribution is 2.18. The number of ketones is 1. The van der Waals surface area contributed by atoms with E-state index in [-0.39, 0.29) is 24.0 Å². The number of hydrogen-bond donors (Lipinski definition) is 0. The van der Waals surface area contributed by atoms with Gasteiger partial charge in [0, 0.05) is 18.7 Å². The highest BCUT2D eigenvalue weighted by molar-refractivity contribution is 6.00. The summed E-state index contributed by atoms with van der Waals surface area (Å²) in [6.45, 7) is 7.89. The van der Waals surface area contributed by atoms with Gasteiger partial charge in [-0.1, -0.05) is 37.3 Å². The third-order valence-electron chi connectivity index (χ3n) is 3.64. The standard InChI is InChI=1S/C16H23NO2/c1-4-15(16(18)14-8-6-5-7-9-14)17-10-12(2)19-13(3)11-17/h5-9,12-13,15H,4,10-11H2,1-3H3. The highest BCUT2D eigenvalue weighted by Gasteiger charge is 2.31. The lowest BCUT2D eigenvalue weighted by atomic mass is 9.99. The second kappa shape index (κ2) is 6.31. The summed E-state index contributed by atoms with van der Waals surface area (Å²) < 4.78 is 5.74. The molecule has 3 heteroatoms. The van der Waals surface area contributed by atoms with Crippen molar-refractivity contribution in [2.24, 2.45) is 0 Å². The van der Waals surface area contributed by atoms with Crippen molar-refractivity contribution in [3.63, 3.8) is 0 Å². The van der Waals surface area contributed by atoms with Crippen LogP contribution in [0.5, 0.6) is 0 Å². The summed E-state index contributed by atoms with van der Waals surface area (Å²) in [5.74, 6) is 0.226. The van der Waals surface area contributed by atoms with Gasteiger partial charge in [0.25, 0.3) is 0 Å². The van der Waals surface area contributed by atoms with Crippen molar-refractivity contribution in [2.45, 2.75) is 45.4 Å². The lowest BCUT2D eigenvalue weighted by Gasteiger charge is -2.39. The van der Waals surface area contributed by atoms with Gasteiger partial charge in [0.15, 0.2) is 5.78 Å². The minimum Gasteiger partial charge on any atom is -0.373 e. The summed E-state index contributed by atoms with van der Waals surface area (Å²) in [5.41, 5.74) is 0.807. The zero-order chi connectivity index (χ0) is 13.8. The van der Waals surface area contributed by atoms with Crippen LogP contribution in [0.15, 0.2) is 30.3 Å². The molecule has 0 aliphatic carbocycles. The third-order valence-corrected chi connectivity index (χ3v) is 3.64. The van der Waals surface area contributed by atoms with E-state index >= 15 is 0 Å². The van der Waals surface area contributed by atoms with Gasteiger partial charge in [-0.3, -0.25) is 9.69 Å². The monoisotopic (exact) mass is 261 g/mol. The van der Waals surface area contributed by atoms with Crippen LogP contribution in [-0.2, 0) is 4.74 Å². The first-order chi connectivity index (χ1) is 9.11. The van der Waals surface area contributed by atoms with Crippen LogP contribution in [-0.4, -0.2) is 42.0 Å². The van der Waals surface area contributed by atoms with Gasteiger partial charge in [-0.2, -0.15) is 0 Å². The summed E-state index contributed by atoms with van der Waals surface area (Å²) in [4.78, 5) is 14.9. The van der Waals surface area contributed by atoms with E-state index in [1.807, 2.05) is 30.3 Å². The molecule has 1 aromatic rings. The van der Waals surface area contributed by atoms with Crippen LogP contribution in [0.25, 0.3) is 0 Å². The van der Waals surface area contributed by atoms with Crippen LogP contribution >= 0.6 is 0 Å². The number of hydrogen-bond acceptors (Lipinski definition) is 3. The molecule has 0 radical (unpaired) electrons. The number of morpholine rings is 1. The Bertz CT molecular complexity index is 408. The molecule has 0 spiro atoms. The summed E-state index contributed by atoms with van der Waals surface area (Å²) in [5, 5.41) is 0. The van der Waals surface area contributed by atoms with Gasteiger partial charge in [-0.15, -0.1) is 0 Å². The van der Waals surface area contributed by atoms with Crippen LogP contribution in [0.1, 0.15) is 37.6 Å². The minimum atomic E-state index is -0.0313. The van der Waals surface area contributed by atoms with Crippen LogP contribution in [0.2, 0.25) is 0 Å². The number of ether oxygens (including phenoxy) is 1. The number of carbonyl (C=O) groups is 1. The molecule has 0 saturated carbocycles. The van der Waals surface area contributed by atoms with Crippen molar-refractivity contribution in [1.29, 1.82) is 0 Å². The quantitative estimate of drug-likeness (QED) is 0.781. The van der Waals surface area contributed by atoms with Crippen LogP contribution < -0.4 is 0 Å². The SMILES string of the molecule is CCC(C(=O)c1ccccc1)N1CC(C)OC(C)C1. The Morgan fingerprint density at radius 2 is 1.84 bits per heavy atom. The molecule has 3 atom stereocenters. The first-order valence-corrected chi connectivity index (χ1v) is 7.10. The molecule has 3 nitrogen and oxygen atoms in total. The summed E-state index contributed by atoms with van der Waals surface area (Å²) in [7, 11) is 0. The first kappa shape index (κ1) is 14.2. The topological polar surface area (TPSA) is 29.5 Å². The van der Waals surface area contributed by atoms with E-state index in [9.17, 15) is 4.79 Å². The lowest BCUT2D eigenvalue weighted by molar-refractivity contribution is -0.0764. The number of benzene rings is 1. The van der Waals surface area contributed by atoms with Gasteiger partial charge >= 0.3 is 0 Å². The predicted molar refractivity (Wildman–Crippen MR) is 76.4 cm³/mol. The smallest absolute Gasteiger partial charge is 0.179 e. The fraction of sp³-hybridized carbons (Fsp3) is 0.562. The number of carbonyl (C=O) groups excluding carboxylic acids is 1.